The molecule has 0 bridgehead atoms. The van der Waals surface area contributed by atoms with Crippen LogP contribution in [0.5, 0.6) is 0 Å². The van der Waals surface area contributed by atoms with E-state index in [0.717, 1.165) is 6.42 Å². The van der Waals surface area contributed by atoms with Gasteiger partial charge in [-0.15, -0.1) is 0 Å². The van der Waals surface area contributed by atoms with Crippen molar-refractivity contribution in [2.45, 2.75) is 12.5 Å². The number of carbonyl (C=O) groups excluding carboxylic acids is 1. The zero-order chi connectivity index (χ0) is 13.1. The maximum Gasteiger partial charge on any atom is 0.340 e. The molecule has 1 aliphatic rings. The highest BCUT2D eigenvalue weighted by Crippen LogP contribution is 2.24. The summed E-state index contributed by atoms with van der Waals surface area (Å²) in [6.07, 6.45) is 0.841. The molecule has 4 nitrogen and oxygen atoms in total. The van der Waals surface area contributed by atoms with Crippen LogP contribution >= 0.6 is 22.6 Å². The van der Waals surface area contributed by atoms with E-state index < -0.39 is 5.97 Å². The maximum atomic E-state index is 13.6. The van der Waals surface area contributed by atoms with Gasteiger partial charge in [0.2, 0.25) is 0 Å². The molecule has 98 valence electrons. The Labute approximate surface area is 118 Å². The Balaban J connectivity index is 2.30. The van der Waals surface area contributed by atoms with E-state index in [9.17, 15) is 9.18 Å². The van der Waals surface area contributed by atoms with Crippen LogP contribution in [0.3, 0.4) is 0 Å². The van der Waals surface area contributed by atoms with Gasteiger partial charge in [0.05, 0.1) is 31.0 Å². The third kappa shape index (κ3) is 2.92. The highest BCUT2D eigenvalue weighted by atomic mass is 127. The van der Waals surface area contributed by atoms with E-state index >= 15 is 0 Å². The van der Waals surface area contributed by atoms with Crippen LogP contribution < -0.4 is 5.32 Å². The maximum absolute atomic E-state index is 13.6. The number of ether oxygens (including phenoxy) is 2. The molecule has 1 saturated heterocycles. The highest BCUT2D eigenvalue weighted by Gasteiger charge is 2.20. The number of methoxy groups -OCH3 is 1. The Morgan fingerprint density at radius 2 is 2.39 bits per heavy atom. The number of anilines is 1. The predicted octanol–water partition coefficient (Wildman–Crippen LogP) is 2.42. The van der Waals surface area contributed by atoms with Gasteiger partial charge in [-0.05, 0) is 41.1 Å². The van der Waals surface area contributed by atoms with Gasteiger partial charge >= 0.3 is 5.97 Å². The van der Waals surface area contributed by atoms with E-state index in [1.807, 2.05) is 22.6 Å². The number of nitrogens with one attached hydrogen (secondary N) is 1. The lowest BCUT2D eigenvalue weighted by atomic mass is 10.1. The van der Waals surface area contributed by atoms with Crippen LogP contribution in [-0.2, 0) is 9.47 Å². The first kappa shape index (κ1) is 13.5. The van der Waals surface area contributed by atoms with Crippen LogP contribution in [0, 0.1) is 9.39 Å². The van der Waals surface area contributed by atoms with Crippen molar-refractivity contribution in [2.24, 2.45) is 0 Å². The first-order chi connectivity index (χ1) is 8.61. The van der Waals surface area contributed by atoms with Gasteiger partial charge in [0.25, 0.3) is 0 Å². The van der Waals surface area contributed by atoms with Crippen molar-refractivity contribution in [1.82, 2.24) is 0 Å². The molecule has 1 N–H and O–H groups in total. The molecule has 1 aromatic carbocycles. The summed E-state index contributed by atoms with van der Waals surface area (Å²) < 4.78 is 23.9. The van der Waals surface area contributed by atoms with Crippen molar-refractivity contribution in [1.29, 1.82) is 0 Å². The zero-order valence-corrected chi connectivity index (χ0v) is 12.0. The van der Waals surface area contributed by atoms with Crippen LogP contribution in [0.1, 0.15) is 16.8 Å². The van der Waals surface area contributed by atoms with Crippen molar-refractivity contribution < 1.29 is 18.7 Å². The second kappa shape index (κ2) is 5.83. The fourth-order valence-corrected chi connectivity index (χ4v) is 2.28. The summed E-state index contributed by atoms with van der Waals surface area (Å²) >= 11 is 1.85. The van der Waals surface area contributed by atoms with Gasteiger partial charge in [-0.25, -0.2) is 9.18 Å². The van der Waals surface area contributed by atoms with Crippen molar-refractivity contribution in [3.63, 3.8) is 0 Å². The minimum atomic E-state index is -0.477. The second-order valence-corrected chi connectivity index (χ2v) is 5.17. The molecule has 1 heterocycles. The van der Waals surface area contributed by atoms with Gasteiger partial charge in [0.15, 0.2) is 0 Å². The quantitative estimate of drug-likeness (QED) is 0.660. The van der Waals surface area contributed by atoms with Crippen molar-refractivity contribution in [3.05, 3.63) is 27.1 Å². The first-order valence-electron chi connectivity index (χ1n) is 5.53. The minimum Gasteiger partial charge on any atom is -0.465 e. The monoisotopic (exact) mass is 365 g/mol. The molecule has 2 rings (SSSR count). The van der Waals surface area contributed by atoms with E-state index in [-0.39, 0.29) is 11.9 Å². The molecule has 1 atom stereocenters. The van der Waals surface area contributed by atoms with Crippen molar-refractivity contribution in [2.75, 3.05) is 25.6 Å². The lowest BCUT2D eigenvalue weighted by Gasteiger charge is -2.15. The molecule has 0 radical (unpaired) electrons. The lowest BCUT2D eigenvalue weighted by Crippen LogP contribution is -2.21. The van der Waals surface area contributed by atoms with E-state index in [2.05, 4.69) is 5.32 Å². The number of rotatable bonds is 3. The predicted molar refractivity (Wildman–Crippen MR) is 73.3 cm³/mol. The molecule has 0 aromatic heterocycles. The highest BCUT2D eigenvalue weighted by molar-refractivity contribution is 14.1. The minimum absolute atomic E-state index is 0.105. The third-order valence-electron chi connectivity index (χ3n) is 2.76. The molecule has 0 amide bonds. The summed E-state index contributed by atoms with van der Waals surface area (Å²) in [5.74, 6) is -0.834. The summed E-state index contributed by atoms with van der Waals surface area (Å²) in [5, 5.41) is 3.12. The van der Waals surface area contributed by atoms with Gasteiger partial charge in [0.1, 0.15) is 5.82 Å². The van der Waals surface area contributed by atoms with Crippen LogP contribution in [0.2, 0.25) is 0 Å². The number of esters is 1. The Bertz CT molecular complexity index is 461. The average Bonchev–Trinajstić information content (AvgIpc) is 2.85. The van der Waals surface area contributed by atoms with E-state index in [4.69, 9.17) is 9.47 Å². The zero-order valence-electron chi connectivity index (χ0n) is 9.83. The SMILES string of the molecule is COC(=O)c1cc(I)c(F)cc1N[C@@H]1CCOC1. The van der Waals surface area contributed by atoms with Gasteiger partial charge in [0, 0.05) is 10.2 Å². The van der Waals surface area contributed by atoms with Gasteiger partial charge in [-0.2, -0.15) is 0 Å². The van der Waals surface area contributed by atoms with Crippen molar-refractivity contribution in [3.8, 4) is 0 Å². The summed E-state index contributed by atoms with van der Waals surface area (Å²) in [6, 6.07) is 2.92. The number of carbonyl (C=O) groups is 1. The van der Waals surface area contributed by atoms with Crippen LogP contribution in [0.25, 0.3) is 0 Å². The summed E-state index contributed by atoms with van der Waals surface area (Å²) in [4.78, 5) is 11.7. The Hall–Kier alpha value is -0.890. The van der Waals surface area contributed by atoms with Gasteiger partial charge < -0.3 is 14.8 Å². The number of hydrogen-bond acceptors (Lipinski definition) is 4. The van der Waals surface area contributed by atoms with Crippen LogP contribution in [-0.4, -0.2) is 32.3 Å². The molecule has 6 heteroatoms. The molecule has 1 aliphatic heterocycles. The fourth-order valence-electron chi connectivity index (χ4n) is 1.81. The molecule has 1 fully saturated rings. The number of hydrogen-bond donors (Lipinski definition) is 1. The Kier molecular flexibility index (Phi) is 4.39. The van der Waals surface area contributed by atoms with Gasteiger partial charge in [-0.3, -0.25) is 0 Å². The summed E-state index contributed by atoms with van der Waals surface area (Å²) in [7, 11) is 1.31. The number of benzene rings is 1. The van der Waals surface area contributed by atoms with E-state index in [1.165, 1.54) is 19.2 Å². The van der Waals surface area contributed by atoms with Crippen LogP contribution in [0.15, 0.2) is 12.1 Å². The lowest BCUT2D eigenvalue weighted by molar-refractivity contribution is 0.0601. The van der Waals surface area contributed by atoms with E-state index in [0.29, 0.717) is 28.0 Å². The first-order valence-corrected chi connectivity index (χ1v) is 6.61. The van der Waals surface area contributed by atoms with Crippen molar-refractivity contribution >= 4 is 34.2 Å². The molecular weight excluding hydrogens is 352 g/mol. The number of halogens is 2. The standard InChI is InChI=1S/C12H13FINO3/c1-17-12(16)8-4-10(14)9(13)5-11(8)15-7-2-3-18-6-7/h4-5,7,15H,2-3,6H2,1H3/t7-/m1/s1. The normalized spacial score (nSPS) is 18.7. The smallest absolute Gasteiger partial charge is 0.340 e. The van der Waals surface area contributed by atoms with Crippen LogP contribution in [0.4, 0.5) is 10.1 Å². The second-order valence-electron chi connectivity index (χ2n) is 4.01. The largest absolute Gasteiger partial charge is 0.465 e. The fraction of sp³-hybridized carbons (Fsp3) is 0.417. The molecule has 0 spiro atoms. The topological polar surface area (TPSA) is 47.6 Å². The van der Waals surface area contributed by atoms with E-state index in [1.54, 1.807) is 0 Å². The molecule has 0 unspecified atom stereocenters. The average molecular weight is 365 g/mol. The van der Waals surface area contributed by atoms with Gasteiger partial charge in [-0.1, -0.05) is 0 Å². The molecule has 0 saturated carbocycles. The molecule has 18 heavy (non-hydrogen) atoms. The Morgan fingerprint density at radius 3 is 3.00 bits per heavy atom. The summed E-state index contributed by atoms with van der Waals surface area (Å²) in [6.45, 7) is 1.24. The Morgan fingerprint density at radius 1 is 1.61 bits per heavy atom. The third-order valence-corrected chi connectivity index (χ3v) is 3.58. The molecule has 1 aromatic rings. The molecule has 0 aliphatic carbocycles. The molecular formula is C12H13FINO3. The summed E-state index contributed by atoms with van der Waals surface area (Å²) in [5.41, 5.74) is 0.797.